The van der Waals surface area contributed by atoms with Gasteiger partial charge in [0, 0.05) is 19.5 Å². The molecular formula is C10H18N2O. The highest BCUT2D eigenvalue weighted by Gasteiger charge is 2.38. The van der Waals surface area contributed by atoms with Gasteiger partial charge in [-0.25, -0.2) is 0 Å². The second-order valence-corrected chi connectivity index (χ2v) is 4.43. The molecule has 0 spiro atoms. The zero-order valence-corrected chi connectivity index (χ0v) is 8.31. The highest BCUT2D eigenvalue weighted by Crippen LogP contribution is 2.26. The van der Waals surface area contributed by atoms with Gasteiger partial charge in [0.05, 0.1) is 5.54 Å². The van der Waals surface area contributed by atoms with Gasteiger partial charge in [-0.1, -0.05) is 0 Å². The van der Waals surface area contributed by atoms with E-state index in [0.717, 1.165) is 38.9 Å². The summed E-state index contributed by atoms with van der Waals surface area (Å²) in [6.45, 7) is 5.20. The number of nitrogens with zero attached hydrogens (tertiary/aromatic N) is 1. The lowest BCUT2D eigenvalue weighted by atomic mass is 9.95. The van der Waals surface area contributed by atoms with E-state index >= 15 is 0 Å². The monoisotopic (exact) mass is 182 g/mol. The zero-order chi connectivity index (χ0) is 9.31. The van der Waals surface area contributed by atoms with Crippen LogP contribution in [0, 0.1) is 0 Å². The van der Waals surface area contributed by atoms with Gasteiger partial charge in [-0.05, 0) is 32.7 Å². The van der Waals surface area contributed by atoms with Gasteiger partial charge >= 0.3 is 0 Å². The van der Waals surface area contributed by atoms with E-state index in [-0.39, 0.29) is 5.54 Å². The summed E-state index contributed by atoms with van der Waals surface area (Å²) >= 11 is 0. The van der Waals surface area contributed by atoms with Gasteiger partial charge in [-0.3, -0.25) is 4.79 Å². The Hall–Kier alpha value is -0.570. The van der Waals surface area contributed by atoms with Crippen LogP contribution >= 0.6 is 0 Å². The number of piperidine rings is 1. The number of hydrogen-bond acceptors (Lipinski definition) is 2. The number of carbonyl (C=O) groups excluding carboxylic acids is 1. The lowest BCUT2D eigenvalue weighted by molar-refractivity contribution is -0.138. The number of nitrogens with one attached hydrogen (secondary N) is 1. The molecule has 0 aliphatic carbocycles. The minimum absolute atomic E-state index is 0.109. The molecule has 74 valence electrons. The topological polar surface area (TPSA) is 32.3 Å². The third-order valence-electron chi connectivity index (χ3n) is 3.32. The minimum atomic E-state index is 0.109. The lowest BCUT2D eigenvalue weighted by Gasteiger charge is -2.40. The standard InChI is InChI=1S/C10H18N2O/c1-10(5-6-11-8-10)12-7-3-2-4-9(12)13/h11H,2-8H2,1H3. The first-order chi connectivity index (χ1) is 6.22. The molecule has 3 heteroatoms. The van der Waals surface area contributed by atoms with Crippen LogP contribution in [0.5, 0.6) is 0 Å². The van der Waals surface area contributed by atoms with Crippen molar-refractivity contribution in [3.8, 4) is 0 Å². The highest BCUT2D eigenvalue weighted by atomic mass is 16.2. The maximum Gasteiger partial charge on any atom is 0.223 e. The van der Waals surface area contributed by atoms with Crippen molar-refractivity contribution in [3.05, 3.63) is 0 Å². The summed E-state index contributed by atoms with van der Waals surface area (Å²) in [5, 5.41) is 3.34. The third kappa shape index (κ3) is 1.57. The highest BCUT2D eigenvalue weighted by molar-refractivity contribution is 5.77. The number of rotatable bonds is 1. The molecule has 2 rings (SSSR count). The normalized spacial score (nSPS) is 35.5. The van der Waals surface area contributed by atoms with Crippen molar-refractivity contribution >= 4 is 5.91 Å². The molecule has 2 saturated heterocycles. The van der Waals surface area contributed by atoms with Gasteiger partial charge in [0.1, 0.15) is 0 Å². The minimum Gasteiger partial charge on any atom is -0.336 e. The van der Waals surface area contributed by atoms with E-state index in [0.29, 0.717) is 5.91 Å². The van der Waals surface area contributed by atoms with Crippen molar-refractivity contribution in [2.75, 3.05) is 19.6 Å². The fraction of sp³-hybridized carbons (Fsp3) is 0.900. The van der Waals surface area contributed by atoms with E-state index in [1.165, 1.54) is 6.42 Å². The molecule has 0 aromatic carbocycles. The molecule has 1 amide bonds. The summed E-state index contributed by atoms with van der Waals surface area (Å²) in [7, 11) is 0. The Labute approximate surface area is 79.5 Å². The van der Waals surface area contributed by atoms with E-state index in [1.54, 1.807) is 0 Å². The Morgan fingerprint density at radius 2 is 2.31 bits per heavy atom. The van der Waals surface area contributed by atoms with Crippen LogP contribution in [-0.2, 0) is 4.79 Å². The molecular weight excluding hydrogens is 164 g/mol. The van der Waals surface area contributed by atoms with Crippen LogP contribution < -0.4 is 5.32 Å². The molecule has 0 radical (unpaired) electrons. The Balaban J connectivity index is 2.08. The molecule has 0 aromatic heterocycles. The average molecular weight is 182 g/mol. The fourth-order valence-electron chi connectivity index (χ4n) is 2.41. The maximum absolute atomic E-state index is 11.7. The number of hydrogen-bond donors (Lipinski definition) is 1. The van der Waals surface area contributed by atoms with Gasteiger partial charge in [0.15, 0.2) is 0 Å². The molecule has 2 aliphatic rings. The Morgan fingerprint density at radius 3 is 2.92 bits per heavy atom. The van der Waals surface area contributed by atoms with Crippen LogP contribution in [0.3, 0.4) is 0 Å². The maximum atomic E-state index is 11.7. The first-order valence-electron chi connectivity index (χ1n) is 5.24. The Kier molecular flexibility index (Phi) is 2.28. The van der Waals surface area contributed by atoms with E-state index in [9.17, 15) is 4.79 Å². The van der Waals surface area contributed by atoms with Crippen LogP contribution in [0.15, 0.2) is 0 Å². The third-order valence-corrected chi connectivity index (χ3v) is 3.32. The van der Waals surface area contributed by atoms with Gasteiger partial charge in [0.25, 0.3) is 0 Å². The quantitative estimate of drug-likeness (QED) is 0.649. The molecule has 0 aromatic rings. The van der Waals surface area contributed by atoms with Crippen molar-refractivity contribution < 1.29 is 4.79 Å². The lowest BCUT2D eigenvalue weighted by Crippen LogP contribution is -2.53. The van der Waals surface area contributed by atoms with Gasteiger partial charge in [-0.2, -0.15) is 0 Å². The molecule has 13 heavy (non-hydrogen) atoms. The van der Waals surface area contributed by atoms with Crippen LogP contribution in [0.4, 0.5) is 0 Å². The Morgan fingerprint density at radius 1 is 1.46 bits per heavy atom. The molecule has 0 saturated carbocycles. The molecule has 1 unspecified atom stereocenters. The summed E-state index contributed by atoms with van der Waals surface area (Å²) in [5.41, 5.74) is 0.109. The van der Waals surface area contributed by atoms with Crippen molar-refractivity contribution in [1.29, 1.82) is 0 Å². The smallest absolute Gasteiger partial charge is 0.223 e. The van der Waals surface area contributed by atoms with Gasteiger partial charge < -0.3 is 10.2 Å². The van der Waals surface area contributed by atoms with Crippen LogP contribution in [0.25, 0.3) is 0 Å². The average Bonchev–Trinajstić information content (AvgIpc) is 2.54. The molecule has 3 nitrogen and oxygen atoms in total. The van der Waals surface area contributed by atoms with Crippen molar-refractivity contribution in [1.82, 2.24) is 10.2 Å². The number of carbonyl (C=O) groups is 1. The SMILES string of the molecule is CC1(N2CCCCC2=O)CCNC1. The van der Waals surface area contributed by atoms with Crippen molar-refractivity contribution in [3.63, 3.8) is 0 Å². The molecule has 0 bridgehead atoms. The summed E-state index contributed by atoms with van der Waals surface area (Å²) in [4.78, 5) is 13.8. The number of likely N-dealkylation sites (tertiary alicyclic amines) is 1. The first kappa shape index (κ1) is 9.00. The zero-order valence-electron chi connectivity index (χ0n) is 8.31. The molecule has 2 aliphatic heterocycles. The van der Waals surface area contributed by atoms with E-state index in [1.807, 2.05) is 0 Å². The van der Waals surface area contributed by atoms with Crippen molar-refractivity contribution in [2.45, 2.75) is 38.1 Å². The fourth-order valence-corrected chi connectivity index (χ4v) is 2.41. The van der Waals surface area contributed by atoms with Crippen LogP contribution in [-0.4, -0.2) is 36.0 Å². The van der Waals surface area contributed by atoms with Crippen LogP contribution in [0.1, 0.15) is 32.6 Å². The first-order valence-corrected chi connectivity index (χ1v) is 5.24. The summed E-state index contributed by atoms with van der Waals surface area (Å²) in [5.74, 6) is 0.359. The Bertz CT molecular complexity index is 209. The molecule has 2 heterocycles. The van der Waals surface area contributed by atoms with E-state index in [2.05, 4.69) is 17.1 Å². The molecule has 2 fully saturated rings. The summed E-state index contributed by atoms with van der Waals surface area (Å²) in [6.07, 6.45) is 4.13. The molecule has 1 N–H and O–H groups in total. The second kappa shape index (κ2) is 3.29. The predicted molar refractivity (Wildman–Crippen MR) is 51.5 cm³/mol. The predicted octanol–water partition coefficient (Wildman–Crippen LogP) is 0.751. The van der Waals surface area contributed by atoms with E-state index < -0.39 is 0 Å². The largest absolute Gasteiger partial charge is 0.336 e. The van der Waals surface area contributed by atoms with Crippen LogP contribution in [0.2, 0.25) is 0 Å². The van der Waals surface area contributed by atoms with E-state index in [4.69, 9.17) is 0 Å². The number of amides is 1. The molecule has 1 atom stereocenters. The van der Waals surface area contributed by atoms with Crippen molar-refractivity contribution in [2.24, 2.45) is 0 Å². The van der Waals surface area contributed by atoms with Gasteiger partial charge in [-0.15, -0.1) is 0 Å². The van der Waals surface area contributed by atoms with Gasteiger partial charge in [0.2, 0.25) is 5.91 Å². The summed E-state index contributed by atoms with van der Waals surface area (Å²) < 4.78 is 0. The summed E-state index contributed by atoms with van der Waals surface area (Å²) in [6, 6.07) is 0. The second-order valence-electron chi connectivity index (χ2n) is 4.43.